The van der Waals surface area contributed by atoms with E-state index >= 15 is 0 Å². The van der Waals surface area contributed by atoms with E-state index in [-0.39, 0.29) is 23.2 Å². The number of nitrogens with zero attached hydrogens (tertiary/aromatic N) is 1. The summed E-state index contributed by atoms with van der Waals surface area (Å²) < 4.78 is 2.60. The molecule has 8 aromatic carbocycles. The molecule has 4 heteroatoms. The van der Waals surface area contributed by atoms with Crippen molar-refractivity contribution in [2.24, 2.45) is 4.99 Å². The molecular formula is C60H49N3S. The molecule has 2 unspecified atom stereocenters. The topological polar surface area (TPSA) is 36.4 Å². The van der Waals surface area contributed by atoms with E-state index in [2.05, 4.69) is 200 Å². The third-order valence-electron chi connectivity index (χ3n) is 15.2. The summed E-state index contributed by atoms with van der Waals surface area (Å²) in [6, 6.07) is 65.6. The second-order valence-electron chi connectivity index (χ2n) is 19.0. The molecule has 4 aliphatic rings. The average molecular weight is 844 g/mol. The maximum atomic E-state index is 5.28. The van der Waals surface area contributed by atoms with Crippen molar-refractivity contribution in [2.75, 3.05) is 0 Å². The number of fused-ring (bicyclic) bond motifs is 11. The highest BCUT2D eigenvalue weighted by Gasteiger charge is 2.46. The number of benzene rings is 8. The monoisotopic (exact) mass is 843 g/mol. The van der Waals surface area contributed by atoms with Crippen LogP contribution in [0, 0.1) is 0 Å². The molecule has 64 heavy (non-hydrogen) atoms. The van der Waals surface area contributed by atoms with Crippen molar-refractivity contribution in [1.29, 1.82) is 0 Å². The summed E-state index contributed by atoms with van der Waals surface area (Å²) in [5.74, 6) is 0.891. The van der Waals surface area contributed by atoms with Crippen LogP contribution in [-0.2, 0) is 10.8 Å². The third-order valence-corrected chi connectivity index (χ3v) is 16.4. The lowest BCUT2D eigenvalue weighted by molar-refractivity contribution is 0.353. The van der Waals surface area contributed by atoms with Crippen LogP contribution in [0.4, 0.5) is 0 Å². The van der Waals surface area contributed by atoms with Crippen LogP contribution in [0.1, 0.15) is 97.2 Å². The van der Waals surface area contributed by atoms with Gasteiger partial charge in [-0.3, -0.25) is 5.32 Å². The summed E-state index contributed by atoms with van der Waals surface area (Å²) in [6.07, 6.45) is 6.06. The van der Waals surface area contributed by atoms with Crippen molar-refractivity contribution in [3.05, 3.63) is 215 Å². The molecule has 1 saturated carbocycles. The van der Waals surface area contributed by atoms with E-state index in [9.17, 15) is 0 Å². The van der Waals surface area contributed by atoms with Crippen molar-refractivity contribution in [3.63, 3.8) is 0 Å². The minimum Gasteiger partial charge on any atom is -0.350 e. The molecule has 310 valence electrons. The molecule has 9 aromatic rings. The molecule has 3 aliphatic carbocycles. The fourth-order valence-electron chi connectivity index (χ4n) is 12.0. The highest BCUT2D eigenvalue weighted by Crippen LogP contribution is 2.61. The maximum Gasteiger partial charge on any atom is 0.131 e. The molecule has 2 atom stereocenters. The summed E-state index contributed by atoms with van der Waals surface area (Å²) in [6.45, 7) is 4.88. The maximum absolute atomic E-state index is 5.28. The molecule has 0 bridgehead atoms. The Morgan fingerprint density at radius 2 is 1.19 bits per heavy atom. The van der Waals surface area contributed by atoms with Gasteiger partial charge in [-0.1, -0.05) is 185 Å². The first kappa shape index (κ1) is 37.9. The Hall–Kier alpha value is -6.59. The van der Waals surface area contributed by atoms with Crippen molar-refractivity contribution < 1.29 is 0 Å². The first-order chi connectivity index (χ1) is 31.4. The van der Waals surface area contributed by atoms with E-state index in [0.717, 1.165) is 17.0 Å². The summed E-state index contributed by atoms with van der Waals surface area (Å²) in [5.41, 5.74) is 20.3. The normalized spacial score (nSPS) is 18.9. The van der Waals surface area contributed by atoms with Gasteiger partial charge in [0.15, 0.2) is 0 Å². The standard InChI is InChI=1S/C60H49N3S/c1-59(2)50-25-15-21-42(54(50)48-36-52-46(35-51(48)59)43-20-10-11-24-49(43)60(52)32-12-5-13-33-60)41-30-31-53-47(34-41)44-22-14-23-45(55(44)64-53)58-62-56(39-18-8-4-9-19-39)61-57(63-58)40-28-26-38(27-29-40)37-16-6-3-7-17-37/h3-4,6-11,14-31,34-36,56,58,62H,5,12-13,32-33H2,1-2H3,(H,61,63). The van der Waals surface area contributed by atoms with E-state index in [1.54, 1.807) is 11.1 Å². The fourth-order valence-corrected chi connectivity index (χ4v) is 13.2. The van der Waals surface area contributed by atoms with E-state index in [1.807, 2.05) is 11.3 Å². The number of amidine groups is 1. The lowest BCUT2D eigenvalue weighted by Crippen LogP contribution is -2.45. The molecule has 3 nitrogen and oxygen atoms in total. The first-order valence-corrected chi connectivity index (χ1v) is 24.0. The van der Waals surface area contributed by atoms with E-state index < -0.39 is 0 Å². The predicted molar refractivity (Wildman–Crippen MR) is 268 cm³/mol. The molecule has 1 spiro atoms. The SMILES string of the molecule is CC1(C)c2cc3c(cc2-c2c(-c4ccc5sc6c(C7NC(c8ccc(-c9ccccc9)cc8)=NC(c8ccccc8)N7)cccc6c5c4)cccc21)C1(CCCCC1)c1ccccc1-3. The number of hydrogen-bond donors (Lipinski definition) is 2. The molecule has 13 rings (SSSR count). The molecule has 1 aliphatic heterocycles. The number of thiophene rings is 1. The molecular weight excluding hydrogens is 795 g/mol. The van der Waals surface area contributed by atoms with Gasteiger partial charge in [0.05, 0.1) is 0 Å². The Morgan fingerprint density at radius 3 is 2.02 bits per heavy atom. The van der Waals surface area contributed by atoms with Crippen molar-refractivity contribution >= 4 is 37.3 Å². The Bertz CT molecular complexity index is 3330. The molecule has 0 saturated heterocycles. The van der Waals surface area contributed by atoms with Crippen LogP contribution in [0.3, 0.4) is 0 Å². The lowest BCUT2D eigenvalue weighted by Gasteiger charge is -2.36. The van der Waals surface area contributed by atoms with Gasteiger partial charge in [0.2, 0.25) is 0 Å². The number of aliphatic imine (C=N–C) groups is 1. The predicted octanol–water partition coefficient (Wildman–Crippen LogP) is 15.3. The van der Waals surface area contributed by atoms with Gasteiger partial charge in [-0.15, -0.1) is 11.3 Å². The minimum atomic E-state index is -0.205. The van der Waals surface area contributed by atoms with E-state index in [4.69, 9.17) is 4.99 Å². The summed E-state index contributed by atoms with van der Waals surface area (Å²) >= 11 is 1.89. The fraction of sp³-hybridized carbons (Fsp3) is 0.183. The van der Waals surface area contributed by atoms with Crippen LogP contribution in [0.25, 0.3) is 64.7 Å². The van der Waals surface area contributed by atoms with E-state index in [0.29, 0.717) is 0 Å². The van der Waals surface area contributed by atoms with Gasteiger partial charge in [0.1, 0.15) is 18.2 Å². The number of nitrogens with one attached hydrogen (secondary N) is 2. The van der Waals surface area contributed by atoms with Crippen molar-refractivity contribution in [2.45, 2.75) is 69.1 Å². The molecule has 2 N–H and O–H groups in total. The Labute approximate surface area is 379 Å². The number of hydrogen-bond acceptors (Lipinski definition) is 4. The van der Waals surface area contributed by atoms with Gasteiger partial charge in [0.25, 0.3) is 0 Å². The second kappa shape index (κ2) is 14.5. The molecule has 1 aromatic heterocycles. The van der Waals surface area contributed by atoms with Crippen LogP contribution >= 0.6 is 11.3 Å². The zero-order chi connectivity index (χ0) is 42.6. The molecule has 0 radical (unpaired) electrons. The van der Waals surface area contributed by atoms with Gasteiger partial charge < -0.3 is 5.32 Å². The Morgan fingerprint density at radius 1 is 0.516 bits per heavy atom. The summed E-state index contributed by atoms with van der Waals surface area (Å²) in [5, 5.41) is 10.3. The minimum absolute atomic E-state index is 0.106. The Kier molecular flexibility index (Phi) is 8.57. The van der Waals surface area contributed by atoms with Gasteiger partial charge >= 0.3 is 0 Å². The first-order valence-electron chi connectivity index (χ1n) is 23.1. The van der Waals surface area contributed by atoms with E-state index in [1.165, 1.54) is 113 Å². The molecule has 1 fully saturated rings. The summed E-state index contributed by atoms with van der Waals surface area (Å²) in [7, 11) is 0. The van der Waals surface area contributed by atoms with Gasteiger partial charge in [-0.25, -0.2) is 4.99 Å². The zero-order valence-electron chi connectivity index (χ0n) is 36.3. The van der Waals surface area contributed by atoms with Crippen molar-refractivity contribution in [3.8, 4) is 44.5 Å². The van der Waals surface area contributed by atoms with Crippen LogP contribution in [-0.4, -0.2) is 5.84 Å². The van der Waals surface area contributed by atoms with Crippen LogP contribution < -0.4 is 10.6 Å². The van der Waals surface area contributed by atoms with Crippen LogP contribution in [0.5, 0.6) is 0 Å². The molecule has 2 heterocycles. The van der Waals surface area contributed by atoms with Gasteiger partial charge in [0, 0.05) is 42.1 Å². The largest absolute Gasteiger partial charge is 0.350 e. The zero-order valence-corrected chi connectivity index (χ0v) is 37.1. The second-order valence-corrected chi connectivity index (χ2v) is 20.1. The number of rotatable bonds is 5. The quantitative estimate of drug-likeness (QED) is 0.181. The molecule has 0 amide bonds. The lowest BCUT2D eigenvalue weighted by atomic mass is 9.67. The van der Waals surface area contributed by atoms with Crippen LogP contribution in [0.2, 0.25) is 0 Å². The Balaban J connectivity index is 0.903. The summed E-state index contributed by atoms with van der Waals surface area (Å²) in [4.78, 5) is 5.28. The highest BCUT2D eigenvalue weighted by molar-refractivity contribution is 7.26. The van der Waals surface area contributed by atoms with Crippen LogP contribution in [0.15, 0.2) is 181 Å². The van der Waals surface area contributed by atoms with Gasteiger partial charge in [-0.05, 0) is 109 Å². The van der Waals surface area contributed by atoms with Crippen molar-refractivity contribution in [1.82, 2.24) is 10.6 Å². The highest BCUT2D eigenvalue weighted by atomic mass is 32.1. The average Bonchev–Trinajstić information content (AvgIpc) is 3.94. The third kappa shape index (κ3) is 5.72. The smallest absolute Gasteiger partial charge is 0.131 e. The van der Waals surface area contributed by atoms with Gasteiger partial charge in [-0.2, -0.15) is 0 Å².